The fourth-order valence-electron chi connectivity index (χ4n) is 5.45. The van der Waals surface area contributed by atoms with Crippen molar-refractivity contribution in [3.63, 3.8) is 0 Å². The van der Waals surface area contributed by atoms with Crippen LogP contribution >= 0.6 is 11.6 Å². The summed E-state index contributed by atoms with van der Waals surface area (Å²) in [6, 6.07) is 26.7. The smallest absolute Gasteiger partial charge is 0.251 e. The van der Waals surface area contributed by atoms with Gasteiger partial charge < -0.3 is 25.6 Å². The molecular formula is C36H34ClN5O3. The van der Waals surface area contributed by atoms with E-state index in [0.29, 0.717) is 51.5 Å². The molecule has 2 heterocycles. The minimum Gasteiger partial charge on any atom is -0.403 e. The minimum absolute atomic E-state index is 0.177. The van der Waals surface area contributed by atoms with Crippen molar-refractivity contribution in [3.05, 3.63) is 160 Å². The molecule has 0 bridgehead atoms. The molecule has 4 N–H and O–H groups in total. The van der Waals surface area contributed by atoms with E-state index in [1.165, 1.54) is 6.20 Å². The lowest BCUT2D eigenvalue weighted by Crippen LogP contribution is -2.37. The topological polar surface area (TPSA) is 113 Å². The van der Waals surface area contributed by atoms with Crippen molar-refractivity contribution >= 4 is 28.4 Å². The Kier molecular flexibility index (Phi) is 9.18. The van der Waals surface area contributed by atoms with Gasteiger partial charge in [0.05, 0.1) is 11.2 Å². The van der Waals surface area contributed by atoms with Gasteiger partial charge in [-0.15, -0.1) is 0 Å². The van der Waals surface area contributed by atoms with Gasteiger partial charge in [-0.05, 0) is 77.0 Å². The highest BCUT2D eigenvalue weighted by Gasteiger charge is 2.38. The van der Waals surface area contributed by atoms with Crippen LogP contribution in [0.15, 0.2) is 127 Å². The second kappa shape index (κ2) is 13.2. The van der Waals surface area contributed by atoms with Crippen molar-refractivity contribution in [2.45, 2.75) is 12.0 Å². The van der Waals surface area contributed by atoms with Gasteiger partial charge in [-0.2, -0.15) is 0 Å². The molecule has 0 aliphatic heterocycles. The molecule has 0 radical (unpaired) electrons. The predicted molar refractivity (Wildman–Crippen MR) is 180 cm³/mol. The standard InChI is InChI=1S/C36H34ClN5O3/c1-4-41(2)33(23-38)36(45,26-13-11-24(12-14-26)35(44)40-19-17-29-10-5-6-18-39-29)27-15-16-32-31(21-27)30(22-34(43)42(32)3)25-8-7-9-28(37)20-25/h4-16,18,20-23,45H,1,17,19,38H2,2-3H3,(H,40,44)/b33-23-. The van der Waals surface area contributed by atoms with Crippen molar-refractivity contribution < 1.29 is 9.90 Å². The second-order valence-corrected chi connectivity index (χ2v) is 11.1. The normalized spacial score (nSPS) is 12.8. The average molecular weight is 620 g/mol. The predicted octanol–water partition coefficient (Wildman–Crippen LogP) is 5.34. The van der Waals surface area contributed by atoms with Gasteiger partial charge in [0.1, 0.15) is 0 Å². The number of pyridine rings is 2. The van der Waals surface area contributed by atoms with Crippen LogP contribution in [0.1, 0.15) is 27.2 Å². The number of nitrogens with one attached hydrogen (secondary N) is 1. The highest BCUT2D eigenvalue weighted by molar-refractivity contribution is 6.30. The maximum atomic E-state index is 12.9. The Labute approximate surface area is 266 Å². The molecule has 45 heavy (non-hydrogen) atoms. The Morgan fingerprint density at radius 2 is 1.82 bits per heavy atom. The molecule has 228 valence electrons. The third-order valence-electron chi connectivity index (χ3n) is 7.94. The maximum absolute atomic E-state index is 12.9. The number of aryl methyl sites for hydroxylation is 1. The van der Waals surface area contributed by atoms with E-state index >= 15 is 0 Å². The second-order valence-electron chi connectivity index (χ2n) is 10.7. The van der Waals surface area contributed by atoms with Crippen LogP contribution < -0.4 is 16.6 Å². The molecule has 1 atom stereocenters. The van der Waals surface area contributed by atoms with Crippen LogP contribution in [0.5, 0.6) is 0 Å². The van der Waals surface area contributed by atoms with Gasteiger partial charge in [-0.3, -0.25) is 14.6 Å². The van der Waals surface area contributed by atoms with E-state index in [-0.39, 0.29) is 11.5 Å². The molecule has 0 spiro atoms. The van der Waals surface area contributed by atoms with Gasteiger partial charge in [0.2, 0.25) is 0 Å². The summed E-state index contributed by atoms with van der Waals surface area (Å²) in [5.74, 6) is -0.239. The number of fused-ring (bicyclic) bond motifs is 1. The van der Waals surface area contributed by atoms with Gasteiger partial charge in [0, 0.05) is 67.2 Å². The summed E-state index contributed by atoms with van der Waals surface area (Å²) in [5.41, 5.74) is 8.97. The first-order chi connectivity index (χ1) is 21.7. The van der Waals surface area contributed by atoms with E-state index in [1.807, 2.05) is 36.4 Å². The lowest BCUT2D eigenvalue weighted by Gasteiger charge is -2.36. The van der Waals surface area contributed by atoms with Crippen LogP contribution in [0.2, 0.25) is 5.02 Å². The molecule has 8 nitrogen and oxygen atoms in total. The third kappa shape index (κ3) is 6.24. The number of likely N-dealkylation sites (N-methyl/N-ethyl adjacent to an activating group) is 1. The van der Waals surface area contributed by atoms with E-state index in [4.69, 9.17) is 17.3 Å². The number of nitrogens with two attached hydrogens (primary N) is 1. The lowest BCUT2D eigenvalue weighted by molar-refractivity contribution is 0.0943. The van der Waals surface area contributed by atoms with Crippen molar-refractivity contribution in [1.82, 2.24) is 19.8 Å². The molecular weight excluding hydrogens is 586 g/mol. The number of aromatic nitrogens is 2. The molecule has 1 unspecified atom stereocenters. The number of carbonyl (C=O) groups is 1. The zero-order valence-electron chi connectivity index (χ0n) is 25.1. The molecule has 5 rings (SSSR count). The van der Waals surface area contributed by atoms with Gasteiger partial charge in [-0.1, -0.05) is 54.6 Å². The minimum atomic E-state index is -1.76. The summed E-state index contributed by atoms with van der Waals surface area (Å²) in [5, 5.41) is 16.9. The molecule has 1 amide bonds. The van der Waals surface area contributed by atoms with E-state index in [2.05, 4.69) is 16.9 Å². The monoisotopic (exact) mass is 619 g/mol. The van der Waals surface area contributed by atoms with Gasteiger partial charge >= 0.3 is 0 Å². The summed E-state index contributed by atoms with van der Waals surface area (Å²) in [6.07, 6.45) is 5.21. The van der Waals surface area contributed by atoms with Crippen LogP contribution in [0, 0.1) is 0 Å². The highest BCUT2D eigenvalue weighted by Crippen LogP contribution is 2.40. The zero-order valence-corrected chi connectivity index (χ0v) is 25.8. The van der Waals surface area contributed by atoms with Crippen molar-refractivity contribution in [1.29, 1.82) is 0 Å². The number of carbonyl (C=O) groups excluding carboxylic acids is 1. The number of rotatable bonds is 10. The van der Waals surface area contributed by atoms with Gasteiger partial charge in [0.25, 0.3) is 11.5 Å². The molecule has 9 heteroatoms. The Hall–Kier alpha value is -5.18. The summed E-state index contributed by atoms with van der Waals surface area (Å²) in [6.45, 7) is 4.29. The fourth-order valence-corrected chi connectivity index (χ4v) is 5.64. The Morgan fingerprint density at radius 1 is 1.07 bits per heavy atom. The van der Waals surface area contributed by atoms with Gasteiger partial charge in [0.15, 0.2) is 5.60 Å². The number of amides is 1. The van der Waals surface area contributed by atoms with Crippen LogP contribution in [0.4, 0.5) is 0 Å². The van der Waals surface area contributed by atoms with Crippen LogP contribution in [-0.2, 0) is 19.1 Å². The molecule has 2 aromatic heterocycles. The van der Waals surface area contributed by atoms with Crippen molar-refractivity contribution in [2.75, 3.05) is 13.6 Å². The number of halogens is 1. The highest BCUT2D eigenvalue weighted by atomic mass is 35.5. The Morgan fingerprint density at radius 3 is 2.49 bits per heavy atom. The number of hydrogen-bond acceptors (Lipinski definition) is 6. The first-order valence-electron chi connectivity index (χ1n) is 14.4. The first-order valence-corrected chi connectivity index (χ1v) is 14.7. The molecule has 0 fully saturated rings. The number of hydrogen-bond donors (Lipinski definition) is 3. The molecule has 0 aliphatic rings. The summed E-state index contributed by atoms with van der Waals surface area (Å²) < 4.78 is 1.56. The van der Waals surface area contributed by atoms with Crippen LogP contribution in [0.25, 0.3) is 22.0 Å². The molecule has 0 saturated carbocycles. The molecule has 5 aromatic rings. The number of nitrogens with zero attached hydrogens (tertiary/aromatic N) is 3. The summed E-state index contributed by atoms with van der Waals surface area (Å²) in [4.78, 5) is 31.8. The van der Waals surface area contributed by atoms with Crippen molar-refractivity contribution in [3.8, 4) is 11.1 Å². The lowest BCUT2D eigenvalue weighted by atomic mass is 9.81. The van der Waals surface area contributed by atoms with E-state index < -0.39 is 5.60 Å². The summed E-state index contributed by atoms with van der Waals surface area (Å²) in [7, 11) is 3.44. The van der Waals surface area contributed by atoms with Crippen LogP contribution in [0.3, 0.4) is 0 Å². The van der Waals surface area contributed by atoms with E-state index in [1.54, 1.807) is 90.6 Å². The quantitative estimate of drug-likeness (QED) is 0.195. The average Bonchev–Trinajstić information content (AvgIpc) is 3.06. The van der Waals surface area contributed by atoms with Crippen molar-refractivity contribution in [2.24, 2.45) is 12.8 Å². The van der Waals surface area contributed by atoms with Gasteiger partial charge in [-0.25, -0.2) is 0 Å². The SMILES string of the molecule is C=CN(C)/C(=C\N)C(O)(c1ccc(C(=O)NCCc2ccccn2)cc1)c1ccc2c(c1)c(-c1cccc(Cl)c1)cc(=O)n2C. The largest absolute Gasteiger partial charge is 0.403 e. The number of benzene rings is 3. The van der Waals surface area contributed by atoms with E-state index in [0.717, 1.165) is 16.6 Å². The zero-order chi connectivity index (χ0) is 32.1. The number of aliphatic hydroxyl groups is 1. The Bertz CT molecular complexity index is 1950. The molecule has 3 aromatic carbocycles. The molecule has 0 saturated heterocycles. The Balaban J connectivity index is 1.58. The maximum Gasteiger partial charge on any atom is 0.251 e. The fraction of sp³-hybridized carbons (Fsp3) is 0.139. The third-order valence-corrected chi connectivity index (χ3v) is 8.18. The van der Waals surface area contributed by atoms with Crippen LogP contribution in [-0.4, -0.2) is 39.1 Å². The molecule has 0 aliphatic carbocycles. The first kappa shape index (κ1) is 31.3. The summed E-state index contributed by atoms with van der Waals surface area (Å²) >= 11 is 6.31. The van der Waals surface area contributed by atoms with E-state index in [9.17, 15) is 14.7 Å².